The van der Waals surface area contributed by atoms with Gasteiger partial charge in [-0.1, -0.05) is 80.0 Å². The highest BCUT2D eigenvalue weighted by atomic mass is 79.9. The van der Waals surface area contributed by atoms with Gasteiger partial charge in [-0.25, -0.2) is 0 Å². The Morgan fingerprint density at radius 3 is 2.23 bits per heavy atom. The molecular formula is C23H23Br2N3O2S. The molecule has 31 heavy (non-hydrogen) atoms. The topological polar surface area (TPSA) is 47.4 Å². The van der Waals surface area contributed by atoms with E-state index in [2.05, 4.69) is 58.4 Å². The number of halogens is 2. The molecule has 0 bridgehead atoms. The van der Waals surface area contributed by atoms with Crippen molar-refractivity contribution < 1.29 is 4.74 Å². The second kappa shape index (κ2) is 10.9. The van der Waals surface area contributed by atoms with Crippen molar-refractivity contribution in [3.8, 4) is 0 Å². The minimum atomic E-state index is -0.149. The molecule has 1 aliphatic heterocycles. The second-order valence-corrected chi connectivity index (χ2v) is 9.99. The van der Waals surface area contributed by atoms with Gasteiger partial charge < -0.3 is 9.30 Å². The summed E-state index contributed by atoms with van der Waals surface area (Å²) in [6.45, 7) is 4.32. The minimum Gasteiger partial charge on any atom is -0.379 e. The number of nitrogens with zero attached hydrogens (tertiary/aromatic N) is 3. The van der Waals surface area contributed by atoms with Crippen LogP contribution in [-0.2, 0) is 23.6 Å². The van der Waals surface area contributed by atoms with E-state index in [-0.39, 0.29) is 5.56 Å². The van der Waals surface area contributed by atoms with E-state index >= 15 is 0 Å². The van der Waals surface area contributed by atoms with Crippen LogP contribution in [0.15, 0.2) is 73.6 Å². The average molecular weight is 565 g/mol. The van der Waals surface area contributed by atoms with Crippen LogP contribution in [0.2, 0.25) is 0 Å². The summed E-state index contributed by atoms with van der Waals surface area (Å²) < 4.78 is 9.64. The van der Waals surface area contributed by atoms with Crippen LogP contribution in [-0.4, -0.2) is 40.8 Å². The maximum Gasteiger partial charge on any atom is 0.278 e. The van der Waals surface area contributed by atoms with Crippen molar-refractivity contribution in [3.05, 3.63) is 90.7 Å². The zero-order valence-electron chi connectivity index (χ0n) is 17.0. The number of aromatic nitrogens is 2. The van der Waals surface area contributed by atoms with E-state index in [0.29, 0.717) is 26.3 Å². The normalized spacial score (nSPS) is 14.6. The molecule has 1 aliphatic rings. The fourth-order valence-electron chi connectivity index (χ4n) is 3.43. The third kappa shape index (κ3) is 6.08. The Bertz CT molecular complexity index is 1100. The van der Waals surface area contributed by atoms with Crippen LogP contribution in [0.4, 0.5) is 0 Å². The number of morpholine rings is 1. The highest BCUT2D eigenvalue weighted by molar-refractivity contribution is 9.10. The molecule has 1 fully saturated rings. The lowest BCUT2D eigenvalue weighted by Crippen LogP contribution is -2.37. The summed E-state index contributed by atoms with van der Waals surface area (Å²) in [5, 5.41) is 0.724. The average Bonchev–Trinajstić information content (AvgIpc) is 2.78. The number of hydrogen-bond donors (Lipinski definition) is 0. The van der Waals surface area contributed by atoms with Crippen LogP contribution >= 0.6 is 43.6 Å². The SMILES string of the molecule is O=c1nc(SCc2ccccc2Br)n(Cc2ccccc2Br)cc1CN1CCOCC1. The van der Waals surface area contributed by atoms with Gasteiger partial charge in [0.15, 0.2) is 5.16 Å². The monoisotopic (exact) mass is 563 g/mol. The zero-order chi connectivity index (χ0) is 21.6. The lowest BCUT2D eigenvalue weighted by molar-refractivity contribution is 0.0339. The number of benzene rings is 2. The lowest BCUT2D eigenvalue weighted by atomic mass is 10.2. The summed E-state index contributed by atoms with van der Waals surface area (Å²) in [6, 6.07) is 16.3. The van der Waals surface area contributed by atoms with E-state index in [9.17, 15) is 4.79 Å². The Kier molecular flexibility index (Phi) is 8.01. The fraction of sp³-hybridized carbons (Fsp3) is 0.304. The highest BCUT2D eigenvalue weighted by Crippen LogP contribution is 2.27. The molecule has 1 saturated heterocycles. The molecule has 0 unspecified atom stereocenters. The van der Waals surface area contributed by atoms with Crippen LogP contribution in [0.1, 0.15) is 16.7 Å². The van der Waals surface area contributed by atoms with Crippen LogP contribution in [0.25, 0.3) is 0 Å². The van der Waals surface area contributed by atoms with Gasteiger partial charge in [0.25, 0.3) is 5.56 Å². The van der Waals surface area contributed by atoms with Crippen molar-refractivity contribution in [1.82, 2.24) is 14.5 Å². The van der Waals surface area contributed by atoms with Crippen LogP contribution in [0.3, 0.4) is 0 Å². The van der Waals surface area contributed by atoms with Crippen molar-refractivity contribution in [2.24, 2.45) is 0 Å². The molecule has 0 aliphatic carbocycles. The summed E-state index contributed by atoms with van der Waals surface area (Å²) in [6.07, 6.45) is 1.98. The third-order valence-electron chi connectivity index (χ3n) is 5.14. The number of rotatable bonds is 7. The summed E-state index contributed by atoms with van der Waals surface area (Å²) >= 11 is 8.84. The molecule has 0 radical (unpaired) electrons. The molecule has 0 spiro atoms. The Labute approximate surface area is 203 Å². The van der Waals surface area contributed by atoms with E-state index < -0.39 is 0 Å². The first-order valence-electron chi connectivity index (χ1n) is 10.1. The standard InChI is InChI=1S/C23H23Br2N3O2S/c24-20-7-3-1-5-17(20)14-28-15-19(13-27-9-11-30-12-10-27)22(29)26-23(28)31-16-18-6-2-4-8-21(18)25/h1-8,15H,9-14,16H2. The zero-order valence-corrected chi connectivity index (χ0v) is 21.0. The molecule has 2 heterocycles. The molecular weight excluding hydrogens is 542 g/mol. The third-order valence-corrected chi connectivity index (χ3v) is 7.73. The van der Waals surface area contributed by atoms with Crippen LogP contribution in [0.5, 0.6) is 0 Å². The van der Waals surface area contributed by atoms with Gasteiger partial charge in [-0.15, -0.1) is 0 Å². The van der Waals surface area contributed by atoms with Crippen molar-refractivity contribution in [1.29, 1.82) is 0 Å². The van der Waals surface area contributed by atoms with Gasteiger partial charge in [0.05, 0.1) is 19.8 Å². The quantitative estimate of drug-likeness (QED) is 0.300. The Hall–Kier alpha value is -1.45. The first kappa shape index (κ1) is 22.7. The van der Waals surface area contributed by atoms with Gasteiger partial charge in [-0.3, -0.25) is 9.69 Å². The van der Waals surface area contributed by atoms with Gasteiger partial charge in [0.1, 0.15) is 0 Å². The first-order valence-corrected chi connectivity index (χ1v) is 12.7. The van der Waals surface area contributed by atoms with E-state index in [1.807, 2.05) is 42.6 Å². The van der Waals surface area contributed by atoms with Gasteiger partial charge >= 0.3 is 0 Å². The number of ether oxygens (including phenoxy) is 1. The van der Waals surface area contributed by atoms with Gasteiger partial charge in [-0.05, 0) is 23.3 Å². The Balaban J connectivity index is 1.63. The first-order chi connectivity index (χ1) is 15.1. The number of thioether (sulfide) groups is 1. The predicted octanol–water partition coefficient (Wildman–Crippen LogP) is 4.94. The summed E-state index contributed by atoms with van der Waals surface area (Å²) in [5.74, 6) is 0.729. The summed E-state index contributed by atoms with van der Waals surface area (Å²) in [4.78, 5) is 19.6. The summed E-state index contributed by atoms with van der Waals surface area (Å²) in [7, 11) is 0. The number of hydrogen-bond acceptors (Lipinski definition) is 5. The molecule has 4 rings (SSSR count). The smallest absolute Gasteiger partial charge is 0.278 e. The van der Waals surface area contributed by atoms with Crippen molar-refractivity contribution in [2.45, 2.75) is 24.0 Å². The van der Waals surface area contributed by atoms with Crippen molar-refractivity contribution in [2.75, 3.05) is 26.3 Å². The predicted molar refractivity (Wildman–Crippen MR) is 132 cm³/mol. The molecule has 1 aromatic heterocycles. The largest absolute Gasteiger partial charge is 0.379 e. The molecule has 0 N–H and O–H groups in total. The van der Waals surface area contributed by atoms with E-state index in [0.717, 1.165) is 44.1 Å². The van der Waals surface area contributed by atoms with Crippen molar-refractivity contribution >= 4 is 43.6 Å². The van der Waals surface area contributed by atoms with Crippen molar-refractivity contribution in [3.63, 3.8) is 0 Å². The van der Waals surface area contributed by atoms with Gasteiger partial charge in [0.2, 0.25) is 0 Å². The maximum atomic E-state index is 12.8. The lowest BCUT2D eigenvalue weighted by Gasteiger charge is -2.26. The van der Waals surface area contributed by atoms with Crippen LogP contribution < -0.4 is 5.56 Å². The molecule has 162 valence electrons. The minimum absolute atomic E-state index is 0.149. The van der Waals surface area contributed by atoms with E-state index in [1.165, 1.54) is 5.56 Å². The highest BCUT2D eigenvalue weighted by Gasteiger charge is 2.16. The van der Waals surface area contributed by atoms with E-state index in [1.54, 1.807) is 11.8 Å². The molecule has 0 saturated carbocycles. The fourth-order valence-corrected chi connectivity index (χ4v) is 5.41. The molecule has 0 atom stereocenters. The van der Waals surface area contributed by atoms with Gasteiger partial charge in [-0.2, -0.15) is 4.98 Å². The second-order valence-electron chi connectivity index (χ2n) is 7.34. The molecule has 5 nitrogen and oxygen atoms in total. The maximum absolute atomic E-state index is 12.8. The molecule has 2 aromatic carbocycles. The van der Waals surface area contributed by atoms with Crippen LogP contribution in [0, 0.1) is 0 Å². The van der Waals surface area contributed by atoms with Gasteiger partial charge in [0, 0.05) is 46.1 Å². The molecule has 0 amide bonds. The molecule has 8 heteroatoms. The summed E-state index contributed by atoms with van der Waals surface area (Å²) in [5.41, 5.74) is 2.89. The Morgan fingerprint density at radius 1 is 0.903 bits per heavy atom. The molecule has 3 aromatic rings. The van der Waals surface area contributed by atoms with E-state index in [4.69, 9.17) is 4.74 Å². The Morgan fingerprint density at radius 2 is 1.55 bits per heavy atom.